The van der Waals surface area contributed by atoms with Crippen LogP contribution in [0.25, 0.3) is 0 Å². The van der Waals surface area contributed by atoms with E-state index in [1.807, 2.05) is 0 Å². The second-order valence-corrected chi connectivity index (χ2v) is 12.7. The van der Waals surface area contributed by atoms with Crippen LogP contribution in [0.1, 0.15) is 0 Å². The Morgan fingerprint density at radius 3 is 1.32 bits per heavy atom. The molecule has 0 heterocycles. The van der Waals surface area contributed by atoms with E-state index in [0.717, 1.165) is 0 Å². The van der Waals surface area contributed by atoms with Gasteiger partial charge in [-0.3, -0.25) is 0 Å². The molecule has 0 amide bonds. The molecule has 0 spiro atoms. The number of halogens is 3. The largest absolute Gasteiger partial charge is 0.101 e. The molecule has 0 radical (unpaired) electrons. The van der Waals surface area contributed by atoms with Gasteiger partial charge in [0.15, 0.2) is 0 Å². The lowest BCUT2D eigenvalue weighted by Gasteiger charge is -2.35. The SMILES string of the molecule is BrS(c1ccccc1)(c1ccc(I)cc1)c1ccc(I)cc1. The molecule has 3 aromatic carbocycles. The van der Waals surface area contributed by atoms with E-state index in [4.69, 9.17) is 0 Å². The van der Waals surface area contributed by atoms with Crippen molar-refractivity contribution in [1.82, 2.24) is 0 Å². The zero-order chi connectivity index (χ0) is 15.6. The molecule has 0 N–H and O–H groups in total. The van der Waals surface area contributed by atoms with E-state index in [0.29, 0.717) is 0 Å². The van der Waals surface area contributed by atoms with Gasteiger partial charge in [0, 0.05) is 21.8 Å². The third-order valence-corrected chi connectivity index (χ3v) is 10.9. The van der Waals surface area contributed by atoms with Crippen LogP contribution < -0.4 is 0 Å². The first kappa shape index (κ1) is 16.8. The number of hydrogen-bond donors (Lipinski definition) is 0. The smallest absolute Gasteiger partial charge is 0.0131 e. The van der Waals surface area contributed by atoms with Gasteiger partial charge >= 0.3 is 0 Å². The fourth-order valence-electron chi connectivity index (χ4n) is 2.26. The summed E-state index contributed by atoms with van der Waals surface area (Å²) in [5.41, 5.74) is 0. The highest BCUT2D eigenvalue weighted by atomic mass is 127. The Morgan fingerprint density at radius 1 is 0.545 bits per heavy atom. The molecule has 0 aliphatic rings. The summed E-state index contributed by atoms with van der Waals surface area (Å²) in [5.74, 6) is 0. The number of benzene rings is 3. The Labute approximate surface area is 167 Å². The molecule has 0 saturated carbocycles. The maximum Gasteiger partial charge on any atom is 0.0131 e. The minimum atomic E-state index is -1.40. The fourth-order valence-corrected chi connectivity index (χ4v) is 7.29. The Hall–Kier alpha value is -0.0500. The fraction of sp³-hybridized carbons (Fsp3) is 0. The second-order valence-electron chi connectivity index (χ2n) is 4.76. The van der Waals surface area contributed by atoms with Gasteiger partial charge in [0.2, 0.25) is 0 Å². The quantitative estimate of drug-likeness (QED) is 0.276. The lowest BCUT2D eigenvalue weighted by Crippen LogP contribution is -1.96. The van der Waals surface area contributed by atoms with E-state index in [1.165, 1.54) is 21.8 Å². The molecule has 0 aliphatic heterocycles. The first-order valence-corrected chi connectivity index (χ1v) is 12.3. The Morgan fingerprint density at radius 2 is 0.909 bits per heavy atom. The molecule has 22 heavy (non-hydrogen) atoms. The van der Waals surface area contributed by atoms with E-state index in [9.17, 15) is 0 Å². The van der Waals surface area contributed by atoms with Crippen molar-refractivity contribution in [2.45, 2.75) is 14.7 Å². The first-order valence-electron chi connectivity index (χ1n) is 6.70. The molecule has 0 aromatic heterocycles. The molecule has 112 valence electrons. The summed E-state index contributed by atoms with van der Waals surface area (Å²) < 4.78 is 2.51. The van der Waals surface area contributed by atoms with E-state index in [2.05, 4.69) is 139 Å². The van der Waals surface area contributed by atoms with Gasteiger partial charge in [-0.05, 0) is 121 Å². The molecule has 3 aromatic rings. The highest BCUT2D eigenvalue weighted by molar-refractivity contribution is 14.1. The van der Waals surface area contributed by atoms with Crippen LogP contribution in [0.3, 0.4) is 0 Å². The maximum absolute atomic E-state index is 4.14. The number of hydrogen-bond acceptors (Lipinski definition) is 0. The van der Waals surface area contributed by atoms with Gasteiger partial charge in [-0.1, -0.05) is 18.2 Å². The lowest BCUT2D eigenvalue weighted by molar-refractivity contribution is 1.31. The summed E-state index contributed by atoms with van der Waals surface area (Å²) in [6.45, 7) is 0. The van der Waals surface area contributed by atoms with E-state index in [-0.39, 0.29) is 0 Å². The molecule has 0 aliphatic carbocycles. The highest BCUT2D eigenvalue weighted by Gasteiger charge is 2.27. The van der Waals surface area contributed by atoms with Gasteiger partial charge in [-0.2, -0.15) is 0 Å². The Bertz CT molecular complexity index is 710. The first-order chi connectivity index (χ1) is 10.6. The maximum atomic E-state index is 4.14. The van der Waals surface area contributed by atoms with Crippen LogP contribution in [0.2, 0.25) is 0 Å². The molecule has 0 bridgehead atoms. The predicted molar refractivity (Wildman–Crippen MR) is 116 cm³/mol. The van der Waals surface area contributed by atoms with Crippen LogP contribution in [-0.4, -0.2) is 0 Å². The van der Waals surface area contributed by atoms with Gasteiger partial charge in [0.1, 0.15) is 0 Å². The molecular formula is C18H13BrI2S. The van der Waals surface area contributed by atoms with Gasteiger partial charge in [-0.25, -0.2) is 0 Å². The van der Waals surface area contributed by atoms with Crippen molar-refractivity contribution < 1.29 is 0 Å². The summed E-state index contributed by atoms with van der Waals surface area (Å²) >= 11 is 8.84. The van der Waals surface area contributed by atoms with Gasteiger partial charge in [-0.15, -0.1) is 8.46 Å². The Balaban J connectivity index is 2.22. The number of rotatable bonds is 3. The van der Waals surface area contributed by atoms with E-state index >= 15 is 0 Å². The van der Waals surface area contributed by atoms with Crippen molar-refractivity contribution in [2.24, 2.45) is 0 Å². The van der Waals surface area contributed by atoms with Crippen molar-refractivity contribution in [3.8, 4) is 0 Å². The summed E-state index contributed by atoms with van der Waals surface area (Å²) in [7, 11) is -1.40. The molecule has 4 heteroatoms. The van der Waals surface area contributed by atoms with Gasteiger partial charge < -0.3 is 0 Å². The minimum Gasteiger partial charge on any atom is -0.101 e. The average molecular weight is 595 g/mol. The second kappa shape index (κ2) is 7.23. The van der Waals surface area contributed by atoms with Crippen molar-refractivity contribution in [1.29, 1.82) is 0 Å². The van der Waals surface area contributed by atoms with Crippen LogP contribution in [0.5, 0.6) is 0 Å². The van der Waals surface area contributed by atoms with Gasteiger partial charge in [0.25, 0.3) is 0 Å². The van der Waals surface area contributed by atoms with Crippen molar-refractivity contribution in [2.75, 3.05) is 0 Å². The van der Waals surface area contributed by atoms with Crippen molar-refractivity contribution in [3.63, 3.8) is 0 Å². The summed E-state index contributed by atoms with van der Waals surface area (Å²) in [5, 5.41) is 0. The molecule has 0 saturated heterocycles. The summed E-state index contributed by atoms with van der Waals surface area (Å²) in [4.78, 5) is 3.96. The molecule has 0 unspecified atom stereocenters. The monoisotopic (exact) mass is 594 g/mol. The molecule has 0 fully saturated rings. The van der Waals surface area contributed by atoms with Crippen molar-refractivity contribution in [3.05, 3.63) is 86.0 Å². The molecule has 3 rings (SSSR count). The van der Waals surface area contributed by atoms with Crippen LogP contribution in [0.4, 0.5) is 0 Å². The highest BCUT2D eigenvalue weighted by Crippen LogP contribution is 2.73. The third kappa shape index (κ3) is 3.39. The Kier molecular flexibility index (Phi) is 5.52. The average Bonchev–Trinajstić information content (AvgIpc) is 2.56. The van der Waals surface area contributed by atoms with Crippen LogP contribution in [-0.2, 0) is 0 Å². The topological polar surface area (TPSA) is 0 Å². The summed E-state index contributed by atoms with van der Waals surface area (Å²) in [6, 6.07) is 28.3. The minimum absolute atomic E-state index is 1.26. The normalized spacial score (nSPS) is 12.1. The lowest BCUT2D eigenvalue weighted by atomic mass is 10.4. The van der Waals surface area contributed by atoms with Gasteiger partial charge in [0.05, 0.1) is 0 Å². The third-order valence-electron chi connectivity index (χ3n) is 3.34. The van der Waals surface area contributed by atoms with E-state index in [1.54, 1.807) is 0 Å². The summed E-state index contributed by atoms with van der Waals surface area (Å²) in [6.07, 6.45) is 0. The van der Waals surface area contributed by atoms with Crippen molar-refractivity contribution >= 4 is 68.5 Å². The van der Waals surface area contributed by atoms with Crippen LogP contribution in [0.15, 0.2) is 93.5 Å². The zero-order valence-corrected chi connectivity index (χ0v) is 18.3. The molecular weight excluding hydrogens is 582 g/mol. The molecule has 0 atom stereocenters. The standard InChI is InChI=1S/C18H13BrI2S/c19-22(16-4-2-1-3-5-16,17-10-6-14(20)7-11-17)18-12-8-15(21)9-13-18/h1-13H. The predicted octanol–water partition coefficient (Wildman–Crippen LogP) is 7.49. The zero-order valence-electron chi connectivity index (χ0n) is 11.5. The van der Waals surface area contributed by atoms with Crippen LogP contribution in [0, 0.1) is 7.14 Å². The van der Waals surface area contributed by atoms with Crippen LogP contribution >= 0.6 is 68.5 Å². The molecule has 0 nitrogen and oxygen atoms in total. The van der Waals surface area contributed by atoms with E-state index < -0.39 is 8.46 Å².